The van der Waals surface area contributed by atoms with Gasteiger partial charge in [-0.3, -0.25) is 19.9 Å². The Morgan fingerprint density at radius 2 is 1.37 bits per heavy atom. The number of unbranched alkanes of at least 4 members (excludes halogenated alkanes) is 10. The number of hydrogen-bond acceptors (Lipinski definition) is 8. The first-order valence-electron chi connectivity index (χ1n) is 18.8. The number of phenols is 1. The summed E-state index contributed by atoms with van der Waals surface area (Å²) in [6.45, 7) is 5.71. The third-order valence-electron chi connectivity index (χ3n) is 8.93. The largest absolute Gasteiger partial charge is 0.505 e. The summed E-state index contributed by atoms with van der Waals surface area (Å²) in [6, 6.07) is 21.8. The van der Waals surface area contributed by atoms with Crippen molar-refractivity contribution in [2.75, 3.05) is 25.7 Å². The van der Waals surface area contributed by atoms with Gasteiger partial charge >= 0.3 is 0 Å². The van der Waals surface area contributed by atoms with E-state index in [0.717, 1.165) is 43.4 Å². The van der Waals surface area contributed by atoms with E-state index >= 15 is 0 Å². The summed E-state index contributed by atoms with van der Waals surface area (Å²) < 4.78 is 5.55. The van der Waals surface area contributed by atoms with Crippen molar-refractivity contribution in [2.24, 2.45) is 10.2 Å². The van der Waals surface area contributed by atoms with Crippen LogP contribution in [0.25, 0.3) is 10.8 Å². The van der Waals surface area contributed by atoms with Crippen molar-refractivity contribution in [1.82, 2.24) is 10.6 Å². The monoisotopic (exact) mass is 709 g/mol. The highest BCUT2D eigenvalue weighted by Crippen LogP contribution is 2.41. The van der Waals surface area contributed by atoms with Gasteiger partial charge in [0.1, 0.15) is 17.1 Å². The zero-order chi connectivity index (χ0) is 37.0. The molecule has 0 aliphatic carbocycles. The first-order valence-corrected chi connectivity index (χ1v) is 18.8. The molecule has 0 atom stereocenters. The summed E-state index contributed by atoms with van der Waals surface area (Å²) in [5.74, 6) is -0.414. The van der Waals surface area contributed by atoms with E-state index in [-0.39, 0.29) is 29.5 Å². The van der Waals surface area contributed by atoms with Crippen LogP contribution in [0, 0.1) is 0 Å². The topological polar surface area (TPSA) is 134 Å². The second kappa shape index (κ2) is 22.1. The number of azo groups is 1. The number of methoxy groups -OCH3 is 1. The highest BCUT2D eigenvalue weighted by Gasteiger charge is 2.20. The minimum absolute atomic E-state index is 0.0678. The quantitative estimate of drug-likeness (QED) is 0.0344. The number of benzene rings is 4. The van der Waals surface area contributed by atoms with Crippen LogP contribution in [0.4, 0.5) is 17.1 Å². The van der Waals surface area contributed by atoms with Crippen LogP contribution in [0.2, 0.25) is 0 Å². The standard InChI is InChI=1S/C42H55N5O5/c1-4-6-8-10-12-17-25-43-41(49)32-22-23-35-33(28-32)29-36(42(50)44-26-18-13-11-9-7-5-2)40(48)39(35)46-45-37-27-31(21-24-38(37)51-3)30-52-47-34-19-15-14-16-20-34/h14-16,19-24,27-29,47-48H,4-13,17-18,25-26,30H2,1-3H3,(H,43,49)(H,44,50). The minimum atomic E-state index is -0.412. The van der Waals surface area contributed by atoms with Crippen LogP contribution in [0.15, 0.2) is 83.0 Å². The number of carbonyl (C=O) groups excluding carboxylic acids is 2. The molecule has 10 nitrogen and oxygen atoms in total. The van der Waals surface area contributed by atoms with E-state index in [1.165, 1.54) is 44.9 Å². The normalized spacial score (nSPS) is 11.2. The van der Waals surface area contributed by atoms with Gasteiger partial charge in [-0.2, -0.15) is 0 Å². The average molecular weight is 710 g/mol. The number of amides is 2. The first kappa shape index (κ1) is 39.8. The van der Waals surface area contributed by atoms with Gasteiger partial charge in [-0.15, -0.1) is 10.2 Å². The van der Waals surface area contributed by atoms with E-state index < -0.39 is 5.91 Å². The van der Waals surface area contributed by atoms with Crippen LogP contribution in [0.3, 0.4) is 0 Å². The van der Waals surface area contributed by atoms with Crippen LogP contribution in [-0.2, 0) is 11.4 Å². The zero-order valence-electron chi connectivity index (χ0n) is 31.0. The molecule has 0 aliphatic rings. The maximum Gasteiger partial charge on any atom is 0.255 e. The van der Waals surface area contributed by atoms with Crippen LogP contribution < -0.4 is 20.9 Å². The Morgan fingerprint density at radius 1 is 0.712 bits per heavy atom. The Hall–Kier alpha value is -4.96. The lowest BCUT2D eigenvalue weighted by molar-refractivity contribution is 0.0943. The summed E-state index contributed by atoms with van der Waals surface area (Å²) in [4.78, 5) is 32.2. The molecule has 0 spiro atoms. The molecule has 0 saturated heterocycles. The molecule has 278 valence electrons. The van der Waals surface area contributed by atoms with Gasteiger partial charge < -0.3 is 20.5 Å². The first-order chi connectivity index (χ1) is 25.4. The summed E-state index contributed by atoms with van der Waals surface area (Å²) in [6.07, 6.45) is 13.4. The molecule has 0 fully saturated rings. The fourth-order valence-corrected chi connectivity index (χ4v) is 5.92. The molecule has 52 heavy (non-hydrogen) atoms. The van der Waals surface area contributed by atoms with Gasteiger partial charge in [0, 0.05) is 24.0 Å². The molecule has 0 unspecified atom stereocenters. The number of nitrogens with zero attached hydrogens (tertiary/aromatic N) is 2. The van der Waals surface area contributed by atoms with Crippen LogP contribution >= 0.6 is 0 Å². The third kappa shape index (κ3) is 12.4. The number of ether oxygens (including phenoxy) is 1. The average Bonchev–Trinajstić information content (AvgIpc) is 3.16. The van der Waals surface area contributed by atoms with Crippen molar-refractivity contribution < 1.29 is 24.3 Å². The minimum Gasteiger partial charge on any atom is -0.505 e. The molecule has 10 heteroatoms. The van der Waals surface area contributed by atoms with Crippen molar-refractivity contribution in [1.29, 1.82) is 0 Å². The second-order valence-electron chi connectivity index (χ2n) is 13.1. The molecule has 0 heterocycles. The van der Waals surface area contributed by atoms with Crippen molar-refractivity contribution >= 4 is 39.6 Å². The maximum absolute atomic E-state index is 13.4. The smallest absolute Gasteiger partial charge is 0.255 e. The van der Waals surface area contributed by atoms with Gasteiger partial charge in [0.15, 0.2) is 5.75 Å². The summed E-state index contributed by atoms with van der Waals surface area (Å²) in [7, 11) is 1.54. The van der Waals surface area contributed by atoms with Gasteiger partial charge in [-0.1, -0.05) is 108 Å². The van der Waals surface area contributed by atoms with Gasteiger partial charge in [-0.05, 0) is 66.3 Å². The third-order valence-corrected chi connectivity index (χ3v) is 8.93. The maximum atomic E-state index is 13.4. The van der Waals surface area contributed by atoms with Gasteiger partial charge in [0.25, 0.3) is 11.8 Å². The molecule has 0 bridgehead atoms. The lowest BCUT2D eigenvalue weighted by Crippen LogP contribution is -2.25. The zero-order valence-corrected chi connectivity index (χ0v) is 31.0. The molecule has 2 amide bonds. The Morgan fingerprint density at radius 3 is 2.04 bits per heavy atom. The molecule has 0 aromatic heterocycles. The summed E-state index contributed by atoms with van der Waals surface area (Å²) in [5, 5.41) is 27.6. The molecular formula is C42H55N5O5. The van der Waals surface area contributed by atoms with Crippen LogP contribution in [0.5, 0.6) is 11.5 Å². The van der Waals surface area contributed by atoms with E-state index in [2.05, 4.69) is 40.2 Å². The molecule has 4 aromatic rings. The predicted octanol–water partition coefficient (Wildman–Crippen LogP) is 10.7. The predicted molar refractivity (Wildman–Crippen MR) is 209 cm³/mol. The Bertz CT molecular complexity index is 1740. The number of aromatic hydroxyl groups is 1. The number of nitrogens with one attached hydrogen (secondary N) is 3. The lowest BCUT2D eigenvalue weighted by Gasteiger charge is -2.13. The van der Waals surface area contributed by atoms with E-state index in [1.807, 2.05) is 36.4 Å². The highest BCUT2D eigenvalue weighted by molar-refractivity contribution is 6.08. The highest BCUT2D eigenvalue weighted by atomic mass is 16.6. The number of fused-ring (bicyclic) bond motifs is 1. The second-order valence-corrected chi connectivity index (χ2v) is 13.1. The molecule has 4 rings (SSSR count). The molecule has 4 aromatic carbocycles. The van der Waals surface area contributed by atoms with E-state index in [0.29, 0.717) is 40.9 Å². The van der Waals surface area contributed by atoms with Gasteiger partial charge in [-0.25, -0.2) is 0 Å². The number of hydrogen-bond donors (Lipinski definition) is 4. The van der Waals surface area contributed by atoms with Gasteiger partial charge in [0.05, 0.1) is 25.0 Å². The number of rotatable bonds is 23. The fourth-order valence-electron chi connectivity index (χ4n) is 5.92. The number of phenolic OH excluding ortho intramolecular Hbond substituents is 1. The number of para-hydroxylation sites is 1. The van der Waals surface area contributed by atoms with Crippen LogP contribution in [-0.4, -0.2) is 37.1 Å². The molecule has 0 saturated carbocycles. The van der Waals surface area contributed by atoms with Crippen LogP contribution in [0.1, 0.15) is 117 Å². The van der Waals surface area contributed by atoms with E-state index in [1.54, 1.807) is 43.5 Å². The molecule has 4 N–H and O–H groups in total. The van der Waals surface area contributed by atoms with Crippen molar-refractivity contribution in [3.05, 3.63) is 89.5 Å². The molecular weight excluding hydrogens is 654 g/mol. The number of carbonyl (C=O) groups is 2. The van der Waals surface area contributed by atoms with E-state index in [9.17, 15) is 14.7 Å². The van der Waals surface area contributed by atoms with Crippen molar-refractivity contribution in [2.45, 2.75) is 97.5 Å². The summed E-state index contributed by atoms with van der Waals surface area (Å²) in [5.41, 5.74) is 5.63. The fraction of sp³-hybridized carbons (Fsp3) is 0.429. The Kier molecular flexibility index (Phi) is 16.9. The Balaban J connectivity index is 1.57. The van der Waals surface area contributed by atoms with Crippen molar-refractivity contribution in [3.63, 3.8) is 0 Å². The molecule has 0 radical (unpaired) electrons. The van der Waals surface area contributed by atoms with Gasteiger partial charge in [0.2, 0.25) is 0 Å². The summed E-state index contributed by atoms with van der Waals surface area (Å²) >= 11 is 0. The number of anilines is 1. The van der Waals surface area contributed by atoms with E-state index in [4.69, 9.17) is 9.57 Å². The van der Waals surface area contributed by atoms with Crippen molar-refractivity contribution in [3.8, 4) is 11.5 Å². The SMILES string of the molecule is CCCCCCCCNC(=O)c1ccc2c(N=Nc3cc(CONc4ccccc4)ccc3OC)c(O)c(C(=O)NCCCCCCCC)cc2c1. The lowest BCUT2D eigenvalue weighted by atomic mass is 10.0. The Labute approximate surface area is 308 Å². The molecule has 0 aliphatic heterocycles.